The molecule has 2 N–H and O–H groups in total. The minimum absolute atomic E-state index is 0.165. The molecular weight excluding hydrogens is 400 g/mol. The highest BCUT2D eigenvalue weighted by molar-refractivity contribution is 5.90. The monoisotopic (exact) mass is 426 g/mol. The van der Waals surface area contributed by atoms with Gasteiger partial charge < -0.3 is 24.6 Å². The van der Waals surface area contributed by atoms with Crippen molar-refractivity contribution >= 4 is 22.8 Å². The molecule has 0 spiro atoms. The summed E-state index contributed by atoms with van der Waals surface area (Å²) in [5.74, 6) is 1.06. The van der Waals surface area contributed by atoms with Crippen LogP contribution in [0.1, 0.15) is 19.4 Å². The first-order valence-corrected chi connectivity index (χ1v) is 10.2. The maximum Gasteiger partial charge on any atom is 0.244 e. The van der Waals surface area contributed by atoms with Crippen LogP contribution in [0.15, 0.2) is 36.7 Å². The second-order valence-electron chi connectivity index (χ2n) is 7.27. The van der Waals surface area contributed by atoms with Crippen LogP contribution in [-0.4, -0.2) is 68.9 Å². The number of benzene rings is 1. The summed E-state index contributed by atoms with van der Waals surface area (Å²) in [5.41, 5.74) is 1.95. The standard InChI is InChI=1S/C21H26N6O4/c1-14(28)27(15(2)29)21-24-18-17(19(25-21)26-8-10-30-11-9-26)22-13-23-20(18)31-12-16-6-4-3-5-7-16/h3-7,13-15,28-29H,8-12H2,1-2H3. The number of rotatable bonds is 7. The van der Waals surface area contributed by atoms with Crippen molar-refractivity contribution in [1.82, 2.24) is 19.9 Å². The van der Waals surface area contributed by atoms with E-state index in [9.17, 15) is 10.2 Å². The smallest absolute Gasteiger partial charge is 0.244 e. The second-order valence-corrected chi connectivity index (χ2v) is 7.27. The topological polar surface area (TPSA) is 117 Å². The number of aliphatic hydroxyl groups is 2. The number of aromatic nitrogens is 4. The number of aliphatic hydroxyl groups excluding tert-OH is 2. The number of anilines is 2. The summed E-state index contributed by atoms with van der Waals surface area (Å²) < 4.78 is 11.4. The van der Waals surface area contributed by atoms with E-state index in [-0.39, 0.29) is 5.95 Å². The fourth-order valence-electron chi connectivity index (χ4n) is 3.49. The average molecular weight is 426 g/mol. The molecule has 0 bridgehead atoms. The van der Waals surface area contributed by atoms with Gasteiger partial charge in [0.2, 0.25) is 11.8 Å². The van der Waals surface area contributed by atoms with Crippen molar-refractivity contribution in [2.45, 2.75) is 32.9 Å². The molecular formula is C21H26N6O4. The van der Waals surface area contributed by atoms with Gasteiger partial charge in [0.1, 0.15) is 30.9 Å². The van der Waals surface area contributed by atoms with Gasteiger partial charge in [-0.15, -0.1) is 0 Å². The lowest BCUT2D eigenvalue weighted by Gasteiger charge is -2.32. The first-order chi connectivity index (χ1) is 15.0. The van der Waals surface area contributed by atoms with Gasteiger partial charge in [-0.3, -0.25) is 4.90 Å². The molecule has 2 aromatic heterocycles. The van der Waals surface area contributed by atoms with Crippen LogP contribution in [0.25, 0.3) is 11.0 Å². The molecule has 1 aliphatic rings. The maximum absolute atomic E-state index is 10.2. The zero-order chi connectivity index (χ0) is 21.8. The number of nitrogens with zero attached hydrogens (tertiary/aromatic N) is 6. The Hall–Kier alpha value is -3.08. The number of ether oxygens (including phenoxy) is 2. The number of morpholine rings is 1. The molecule has 3 heterocycles. The molecule has 1 saturated heterocycles. The molecule has 0 saturated carbocycles. The molecule has 0 radical (unpaired) electrons. The summed E-state index contributed by atoms with van der Waals surface area (Å²) in [6, 6.07) is 9.75. The van der Waals surface area contributed by atoms with Crippen molar-refractivity contribution in [2.24, 2.45) is 0 Å². The van der Waals surface area contributed by atoms with Gasteiger partial charge in [-0.2, -0.15) is 9.97 Å². The Kier molecular flexibility index (Phi) is 6.40. The first kappa shape index (κ1) is 21.2. The van der Waals surface area contributed by atoms with Crippen molar-refractivity contribution in [2.75, 3.05) is 36.1 Å². The Balaban J connectivity index is 1.80. The van der Waals surface area contributed by atoms with E-state index in [2.05, 4.69) is 19.9 Å². The number of hydrogen-bond acceptors (Lipinski definition) is 10. The van der Waals surface area contributed by atoms with E-state index >= 15 is 0 Å². The number of hydrogen-bond donors (Lipinski definition) is 2. The predicted molar refractivity (Wildman–Crippen MR) is 115 cm³/mol. The minimum Gasteiger partial charge on any atom is -0.471 e. The molecule has 10 nitrogen and oxygen atoms in total. The molecule has 2 atom stereocenters. The van der Waals surface area contributed by atoms with E-state index in [1.165, 1.54) is 11.2 Å². The van der Waals surface area contributed by atoms with Crippen molar-refractivity contribution in [3.05, 3.63) is 42.2 Å². The van der Waals surface area contributed by atoms with Gasteiger partial charge in [0.05, 0.1) is 13.2 Å². The summed E-state index contributed by atoms with van der Waals surface area (Å²) in [6.07, 6.45) is -0.585. The molecule has 31 heavy (non-hydrogen) atoms. The summed E-state index contributed by atoms with van der Waals surface area (Å²) in [4.78, 5) is 21.3. The molecule has 0 aliphatic carbocycles. The predicted octanol–water partition coefficient (Wildman–Crippen LogP) is 1.32. The molecule has 4 rings (SSSR count). The van der Waals surface area contributed by atoms with E-state index < -0.39 is 12.5 Å². The van der Waals surface area contributed by atoms with Crippen LogP contribution >= 0.6 is 0 Å². The van der Waals surface area contributed by atoms with Gasteiger partial charge in [0.15, 0.2) is 11.3 Å². The molecule has 10 heteroatoms. The van der Waals surface area contributed by atoms with E-state index in [1.807, 2.05) is 35.2 Å². The lowest BCUT2D eigenvalue weighted by Crippen LogP contribution is -2.42. The quantitative estimate of drug-likeness (QED) is 0.536. The number of fused-ring (bicyclic) bond motifs is 1. The van der Waals surface area contributed by atoms with E-state index in [0.717, 1.165) is 5.56 Å². The zero-order valence-corrected chi connectivity index (χ0v) is 17.5. The van der Waals surface area contributed by atoms with Crippen LogP contribution in [0.4, 0.5) is 11.8 Å². The van der Waals surface area contributed by atoms with Crippen LogP contribution in [-0.2, 0) is 11.3 Å². The highest BCUT2D eigenvalue weighted by Gasteiger charge is 2.26. The third-order valence-electron chi connectivity index (χ3n) is 4.98. The third kappa shape index (κ3) is 4.66. The lowest BCUT2D eigenvalue weighted by atomic mass is 10.2. The fourth-order valence-corrected chi connectivity index (χ4v) is 3.49. The van der Waals surface area contributed by atoms with Gasteiger partial charge in [-0.05, 0) is 19.4 Å². The van der Waals surface area contributed by atoms with Crippen LogP contribution in [0.5, 0.6) is 5.88 Å². The Morgan fingerprint density at radius 2 is 1.74 bits per heavy atom. The normalized spacial score (nSPS) is 16.2. The second kappa shape index (κ2) is 9.38. The van der Waals surface area contributed by atoms with Crippen LogP contribution in [0, 0.1) is 0 Å². The van der Waals surface area contributed by atoms with Crippen LogP contribution in [0.2, 0.25) is 0 Å². The largest absolute Gasteiger partial charge is 0.471 e. The molecule has 1 fully saturated rings. The summed E-state index contributed by atoms with van der Waals surface area (Å²) in [5, 5.41) is 20.4. The van der Waals surface area contributed by atoms with Gasteiger partial charge in [0.25, 0.3) is 0 Å². The van der Waals surface area contributed by atoms with E-state index in [4.69, 9.17) is 9.47 Å². The molecule has 1 aromatic carbocycles. The SMILES string of the molecule is CC(O)N(c1nc(N2CCOCC2)c2ncnc(OCc3ccccc3)c2n1)C(C)O. The van der Waals surface area contributed by atoms with Crippen molar-refractivity contribution in [1.29, 1.82) is 0 Å². The Labute approximate surface area is 180 Å². The van der Waals surface area contributed by atoms with Gasteiger partial charge in [0, 0.05) is 13.1 Å². The summed E-state index contributed by atoms with van der Waals surface area (Å²) in [7, 11) is 0. The Bertz CT molecular complexity index is 1000. The Morgan fingerprint density at radius 3 is 2.42 bits per heavy atom. The lowest BCUT2D eigenvalue weighted by molar-refractivity contribution is 0.102. The third-order valence-corrected chi connectivity index (χ3v) is 4.98. The minimum atomic E-state index is -1.01. The molecule has 1 aliphatic heterocycles. The Morgan fingerprint density at radius 1 is 1.03 bits per heavy atom. The maximum atomic E-state index is 10.2. The average Bonchev–Trinajstić information content (AvgIpc) is 2.78. The summed E-state index contributed by atoms with van der Waals surface area (Å²) in [6.45, 7) is 5.82. The van der Waals surface area contributed by atoms with E-state index in [1.54, 1.807) is 13.8 Å². The van der Waals surface area contributed by atoms with Crippen molar-refractivity contribution in [3.8, 4) is 5.88 Å². The van der Waals surface area contributed by atoms with Gasteiger partial charge in [-0.25, -0.2) is 9.97 Å². The van der Waals surface area contributed by atoms with Gasteiger partial charge >= 0.3 is 0 Å². The van der Waals surface area contributed by atoms with Crippen LogP contribution in [0.3, 0.4) is 0 Å². The molecule has 0 amide bonds. The van der Waals surface area contributed by atoms with Crippen molar-refractivity contribution < 1.29 is 19.7 Å². The molecule has 2 unspecified atom stereocenters. The first-order valence-electron chi connectivity index (χ1n) is 10.2. The fraction of sp³-hybridized carbons (Fsp3) is 0.429. The molecule has 3 aromatic rings. The zero-order valence-electron chi connectivity index (χ0n) is 17.5. The summed E-state index contributed by atoms with van der Waals surface area (Å²) >= 11 is 0. The van der Waals surface area contributed by atoms with E-state index in [0.29, 0.717) is 55.6 Å². The van der Waals surface area contributed by atoms with Crippen LogP contribution < -0.4 is 14.5 Å². The highest BCUT2D eigenvalue weighted by Crippen LogP contribution is 2.31. The van der Waals surface area contributed by atoms with Gasteiger partial charge in [-0.1, -0.05) is 30.3 Å². The van der Waals surface area contributed by atoms with Crippen molar-refractivity contribution in [3.63, 3.8) is 0 Å². The highest BCUT2D eigenvalue weighted by atomic mass is 16.5. The molecule has 164 valence electrons.